The summed E-state index contributed by atoms with van der Waals surface area (Å²) in [4.78, 5) is 0. The van der Waals surface area contributed by atoms with Gasteiger partial charge in [0.15, 0.2) is 0 Å². The van der Waals surface area contributed by atoms with Crippen LogP contribution in [0.2, 0.25) is 0 Å². The molecule has 1 nitrogen and oxygen atoms in total. The Balaban J connectivity index is 2.50. The number of unbranched alkanes of at least 4 members (excludes halogenated alkanes) is 1. The van der Waals surface area contributed by atoms with Crippen molar-refractivity contribution in [3.8, 4) is 6.07 Å². The molecule has 1 heteroatoms. The lowest BCUT2D eigenvalue weighted by Crippen LogP contribution is -1.84. The highest BCUT2D eigenvalue weighted by Gasteiger charge is 1.92. The first kappa shape index (κ1) is 9.54. The lowest BCUT2D eigenvalue weighted by molar-refractivity contribution is 0.844. The Hall–Kier alpha value is -1.55. The van der Waals surface area contributed by atoms with E-state index in [2.05, 4.69) is 12.6 Å². The van der Waals surface area contributed by atoms with Crippen LogP contribution in [-0.4, -0.2) is 0 Å². The Bertz CT molecular complexity index is 303. The fourth-order valence-electron chi connectivity index (χ4n) is 1.20. The van der Waals surface area contributed by atoms with Gasteiger partial charge in [-0.05, 0) is 37.0 Å². The molecular weight excluding hydrogens is 158 g/mol. The Morgan fingerprint density at radius 2 is 2.00 bits per heavy atom. The van der Waals surface area contributed by atoms with Crippen LogP contribution < -0.4 is 0 Å². The zero-order chi connectivity index (χ0) is 9.52. The van der Waals surface area contributed by atoms with Gasteiger partial charge in [-0.2, -0.15) is 5.26 Å². The number of aryl methyl sites for hydroxylation is 1. The SMILES string of the molecule is C=CCCCc1ccc(C#N)cc1. The van der Waals surface area contributed by atoms with Gasteiger partial charge < -0.3 is 0 Å². The molecule has 1 aromatic carbocycles. The number of nitriles is 1. The summed E-state index contributed by atoms with van der Waals surface area (Å²) in [5.74, 6) is 0. The van der Waals surface area contributed by atoms with Crippen LogP contribution in [0.25, 0.3) is 0 Å². The molecule has 1 aromatic rings. The molecule has 0 aliphatic heterocycles. The van der Waals surface area contributed by atoms with Crippen LogP contribution in [0.3, 0.4) is 0 Å². The molecule has 0 atom stereocenters. The normalized spacial score (nSPS) is 9.15. The Labute approximate surface area is 79.3 Å². The highest BCUT2D eigenvalue weighted by molar-refractivity contribution is 5.31. The predicted molar refractivity (Wildman–Crippen MR) is 54.3 cm³/mol. The molecule has 1 rings (SSSR count). The standard InChI is InChI=1S/C12H13N/c1-2-3-4-5-11-6-8-12(10-13)9-7-11/h2,6-9H,1,3-5H2. The maximum atomic E-state index is 8.58. The molecule has 0 unspecified atom stereocenters. The topological polar surface area (TPSA) is 23.8 Å². The highest BCUT2D eigenvalue weighted by atomic mass is 14.2. The summed E-state index contributed by atoms with van der Waals surface area (Å²) >= 11 is 0. The van der Waals surface area contributed by atoms with Crippen LogP contribution in [0.5, 0.6) is 0 Å². The van der Waals surface area contributed by atoms with Crippen molar-refractivity contribution in [1.29, 1.82) is 5.26 Å². The summed E-state index contributed by atoms with van der Waals surface area (Å²) in [5.41, 5.74) is 2.02. The molecule has 66 valence electrons. The van der Waals surface area contributed by atoms with Gasteiger partial charge in [-0.15, -0.1) is 6.58 Å². The largest absolute Gasteiger partial charge is 0.192 e. The van der Waals surface area contributed by atoms with E-state index in [1.165, 1.54) is 5.56 Å². The summed E-state index contributed by atoms with van der Waals surface area (Å²) in [6, 6.07) is 9.86. The van der Waals surface area contributed by atoms with E-state index >= 15 is 0 Å². The monoisotopic (exact) mass is 171 g/mol. The van der Waals surface area contributed by atoms with Crippen molar-refractivity contribution in [2.75, 3.05) is 0 Å². The van der Waals surface area contributed by atoms with E-state index in [-0.39, 0.29) is 0 Å². The van der Waals surface area contributed by atoms with Crippen molar-refractivity contribution < 1.29 is 0 Å². The Morgan fingerprint density at radius 1 is 1.31 bits per heavy atom. The van der Waals surface area contributed by atoms with Crippen molar-refractivity contribution in [3.63, 3.8) is 0 Å². The van der Waals surface area contributed by atoms with Gasteiger partial charge in [-0.3, -0.25) is 0 Å². The van der Waals surface area contributed by atoms with Gasteiger partial charge in [-0.1, -0.05) is 18.2 Å². The van der Waals surface area contributed by atoms with E-state index < -0.39 is 0 Å². The minimum absolute atomic E-state index is 0.729. The summed E-state index contributed by atoms with van der Waals surface area (Å²) in [5, 5.41) is 8.58. The van der Waals surface area contributed by atoms with E-state index in [0.717, 1.165) is 24.8 Å². The summed E-state index contributed by atoms with van der Waals surface area (Å²) in [6.45, 7) is 3.68. The summed E-state index contributed by atoms with van der Waals surface area (Å²) < 4.78 is 0. The highest BCUT2D eigenvalue weighted by Crippen LogP contribution is 2.07. The van der Waals surface area contributed by atoms with Gasteiger partial charge in [0.05, 0.1) is 11.6 Å². The van der Waals surface area contributed by atoms with Crippen LogP contribution in [0.1, 0.15) is 24.0 Å². The number of nitrogens with zero attached hydrogens (tertiary/aromatic N) is 1. The molecular formula is C12H13N. The number of benzene rings is 1. The van der Waals surface area contributed by atoms with Crippen LogP contribution in [0.15, 0.2) is 36.9 Å². The van der Waals surface area contributed by atoms with Crippen LogP contribution in [0.4, 0.5) is 0 Å². The Kier molecular flexibility index (Phi) is 3.78. The fraction of sp³-hybridized carbons (Fsp3) is 0.250. The van der Waals surface area contributed by atoms with Crippen LogP contribution in [0, 0.1) is 11.3 Å². The second-order valence-electron chi connectivity index (χ2n) is 2.99. The smallest absolute Gasteiger partial charge is 0.0991 e. The van der Waals surface area contributed by atoms with E-state index in [1.807, 2.05) is 30.3 Å². The first-order valence-electron chi connectivity index (χ1n) is 4.47. The average Bonchev–Trinajstić information content (AvgIpc) is 2.19. The van der Waals surface area contributed by atoms with E-state index in [4.69, 9.17) is 5.26 Å². The third kappa shape index (κ3) is 3.13. The minimum Gasteiger partial charge on any atom is -0.192 e. The molecule has 0 radical (unpaired) electrons. The Morgan fingerprint density at radius 3 is 2.54 bits per heavy atom. The zero-order valence-electron chi connectivity index (χ0n) is 7.66. The number of rotatable bonds is 4. The maximum Gasteiger partial charge on any atom is 0.0991 e. The van der Waals surface area contributed by atoms with Crippen molar-refractivity contribution in [1.82, 2.24) is 0 Å². The number of hydrogen-bond donors (Lipinski definition) is 0. The minimum atomic E-state index is 0.729. The van der Waals surface area contributed by atoms with Crippen molar-refractivity contribution in [2.24, 2.45) is 0 Å². The quantitative estimate of drug-likeness (QED) is 0.504. The molecule has 0 amide bonds. The van der Waals surface area contributed by atoms with E-state index in [9.17, 15) is 0 Å². The average molecular weight is 171 g/mol. The first-order valence-corrected chi connectivity index (χ1v) is 4.47. The van der Waals surface area contributed by atoms with Crippen molar-refractivity contribution in [3.05, 3.63) is 48.0 Å². The van der Waals surface area contributed by atoms with Crippen molar-refractivity contribution in [2.45, 2.75) is 19.3 Å². The molecule has 0 saturated heterocycles. The van der Waals surface area contributed by atoms with Gasteiger partial charge in [-0.25, -0.2) is 0 Å². The summed E-state index contributed by atoms with van der Waals surface area (Å²) in [7, 11) is 0. The maximum absolute atomic E-state index is 8.58. The molecule has 0 saturated carbocycles. The summed E-state index contributed by atoms with van der Waals surface area (Å²) in [6.07, 6.45) is 5.19. The lowest BCUT2D eigenvalue weighted by Gasteiger charge is -1.98. The second kappa shape index (κ2) is 5.16. The molecule has 0 aromatic heterocycles. The number of hydrogen-bond acceptors (Lipinski definition) is 1. The van der Waals surface area contributed by atoms with Gasteiger partial charge in [0.25, 0.3) is 0 Å². The third-order valence-corrected chi connectivity index (χ3v) is 1.96. The molecule has 0 aliphatic carbocycles. The predicted octanol–water partition coefficient (Wildman–Crippen LogP) is 3.07. The van der Waals surface area contributed by atoms with Gasteiger partial charge in [0.2, 0.25) is 0 Å². The number of allylic oxidation sites excluding steroid dienone is 1. The molecule has 0 aliphatic rings. The van der Waals surface area contributed by atoms with Crippen molar-refractivity contribution >= 4 is 0 Å². The zero-order valence-corrected chi connectivity index (χ0v) is 7.66. The molecule has 0 spiro atoms. The molecule has 0 bridgehead atoms. The van der Waals surface area contributed by atoms with Crippen LogP contribution in [-0.2, 0) is 6.42 Å². The van der Waals surface area contributed by atoms with E-state index in [1.54, 1.807) is 0 Å². The lowest BCUT2D eigenvalue weighted by atomic mass is 10.1. The molecule has 0 fully saturated rings. The van der Waals surface area contributed by atoms with Crippen LogP contribution >= 0.6 is 0 Å². The van der Waals surface area contributed by atoms with Gasteiger partial charge >= 0.3 is 0 Å². The van der Waals surface area contributed by atoms with Gasteiger partial charge in [0, 0.05) is 0 Å². The first-order chi connectivity index (χ1) is 6.36. The fourth-order valence-corrected chi connectivity index (χ4v) is 1.20. The molecule has 0 N–H and O–H groups in total. The van der Waals surface area contributed by atoms with E-state index in [0.29, 0.717) is 0 Å². The van der Waals surface area contributed by atoms with Gasteiger partial charge in [0.1, 0.15) is 0 Å². The second-order valence-corrected chi connectivity index (χ2v) is 2.99. The molecule has 13 heavy (non-hydrogen) atoms. The molecule has 0 heterocycles. The third-order valence-electron chi connectivity index (χ3n) is 1.96.